The standard InChI is InChI=1S/C11H11NO2/c1-3-6-14-11-5-4-9(12)7-10(11)8(2)13/h1,4-5,7H,6,12H2,2H3. The average Bonchev–Trinajstić information content (AvgIpc) is 2.15. The Morgan fingerprint density at radius 3 is 2.93 bits per heavy atom. The van der Waals surface area contributed by atoms with Crippen molar-refractivity contribution >= 4 is 11.5 Å². The van der Waals surface area contributed by atoms with Crippen molar-refractivity contribution in [1.82, 2.24) is 0 Å². The zero-order valence-corrected chi connectivity index (χ0v) is 7.91. The Morgan fingerprint density at radius 1 is 1.64 bits per heavy atom. The first-order valence-corrected chi connectivity index (χ1v) is 4.12. The normalized spacial score (nSPS) is 9.14. The van der Waals surface area contributed by atoms with E-state index in [9.17, 15) is 4.79 Å². The number of terminal acetylenes is 1. The molecule has 3 nitrogen and oxygen atoms in total. The van der Waals surface area contributed by atoms with Crippen LogP contribution in [0.5, 0.6) is 5.75 Å². The maximum atomic E-state index is 11.2. The SMILES string of the molecule is C#CCOc1ccc(N)cc1C(C)=O. The molecule has 0 radical (unpaired) electrons. The number of nitrogen functional groups attached to an aromatic ring is 1. The Labute approximate surface area is 82.9 Å². The molecular formula is C11H11NO2. The van der Waals surface area contributed by atoms with Crippen molar-refractivity contribution in [3.8, 4) is 18.1 Å². The van der Waals surface area contributed by atoms with Crippen LogP contribution in [0.2, 0.25) is 0 Å². The van der Waals surface area contributed by atoms with Gasteiger partial charge in [-0.05, 0) is 25.1 Å². The van der Waals surface area contributed by atoms with Gasteiger partial charge in [0.15, 0.2) is 5.78 Å². The van der Waals surface area contributed by atoms with E-state index in [2.05, 4.69) is 5.92 Å². The van der Waals surface area contributed by atoms with Gasteiger partial charge in [-0.15, -0.1) is 6.42 Å². The Balaban J connectivity index is 3.03. The smallest absolute Gasteiger partial charge is 0.163 e. The predicted octanol–water partition coefficient (Wildman–Crippen LogP) is 1.48. The minimum absolute atomic E-state index is 0.0932. The number of ether oxygens (including phenoxy) is 1. The van der Waals surface area contributed by atoms with Gasteiger partial charge in [-0.2, -0.15) is 0 Å². The fourth-order valence-electron chi connectivity index (χ4n) is 1.07. The van der Waals surface area contributed by atoms with Crippen molar-refractivity contribution in [2.45, 2.75) is 6.92 Å². The Morgan fingerprint density at radius 2 is 2.36 bits per heavy atom. The van der Waals surface area contributed by atoms with Crippen LogP contribution in [0.1, 0.15) is 17.3 Å². The summed E-state index contributed by atoms with van der Waals surface area (Å²) in [5, 5.41) is 0. The molecule has 0 aromatic heterocycles. The summed E-state index contributed by atoms with van der Waals surface area (Å²) in [7, 11) is 0. The monoisotopic (exact) mass is 189 g/mol. The molecule has 0 aliphatic rings. The molecule has 0 fully saturated rings. The first-order chi connectivity index (χ1) is 6.65. The van der Waals surface area contributed by atoms with E-state index in [4.69, 9.17) is 16.9 Å². The lowest BCUT2D eigenvalue weighted by molar-refractivity contribution is 0.101. The molecule has 0 amide bonds. The molecule has 0 aliphatic heterocycles. The number of rotatable bonds is 3. The highest BCUT2D eigenvalue weighted by molar-refractivity contribution is 5.97. The van der Waals surface area contributed by atoms with Gasteiger partial charge in [-0.25, -0.2) is 0 Å². The van der Waals surface area contributed by atoms with Crippen molar-refractivity contribution in [2.75, 3.05) is 12.3 Å². The van der Waals surface area contributed by atoms with E-state index in [0.29, 0.717) is 17.0 Å². The molecule has 0 aliphatic carbocycles. The van der Waals surface area contributed by atoms with Crippen LogP contribution in [0, 0.1) is 12.3 Å². The topological polar surface area (TPSA) is 52.3 Å². The van der Waals surface area contributed by atoms with Gasteiger partial charge < -0.3 is 10.5 Å². The lowest BCUT2D eigenvalue weighted by Crippen LogP contribution is -2.02. The predicted molar refractivity (Wildman–Crippen MR) is 55.2 cm³/mol. The van der Waals surface area contributed by atoms with Gasteiger partial charge in [0.1, 0.15) is 12.4 Å². The molecule has 3 heteroatoms. The second-order valence-electron chi connectivity index (χ2n) is 2.80. The second-order valence-corrected chi connectivity index (χ2v) is 2.80. The third-order valence-electron chi connectivity index (χ3n) is 1.69. The average molecular weight is 189 g/mol. The number of carbonyl (C=O) groups is 1. The molecule has 0 atom stereocenters. The van der Waals surface area contributed by atoms with E-state index < -0.39 is 0 Å². The third-order valence-corrected chi connectivity index (χ3v) is 1.69. The summed E-state index contributed by atoms with van der Waals surface area (Å²) in [4.78, 5) is 11.2. The molecule has 0 unspecified atom stereocenters. The van der Waals surface area contributed by atoms with Crippen molar-refractivity contribution in [3.05, 3.63) is 23.8 Å². The van der Waals surface area contributed by atoms with Crippen LogP contribution in [0.4, 0.5) is 5.69 Å². The minimum atomic E-state index is -0.0932. The molecule has 14 heavy (non-hydrogen) atoms. The van der Waals surface area contributed by atoms with Gasteiger partial charge in [0, 0.05) is 5.69 Å². The van der Waals surface area contributed by atoms with Gasteiger partial charge in [0.05, 0.1) is 5.56 Å². The Hall–Kier alpha value is -1.95. The molecule has 1 aromatic carbocycles. The summed E-state index contributed by atoms with van der Waals surface area (Å²) in [5.74, 6) is 2.72. The number of nitrogens with two attached hydrogens (primary N) is 1. The molecule has 2 N–H and O–H groups in total. The highest BCUT2D eigenvalue weighted by Crippen LogP contribution is 2.21. The highest BCUT2D eigenvalue weighted by atomic mass is 16.5. The van der Waals surface area contributed by atoms with Crippen molar-refractivity contribution in [2.24, 2.45) is 0 Å². The molecule has 0 saturated heterocycles. The summed E-state index contributed by atoms with van der Waals surface area (Å²) in [6.07, 6.45) is 5.05. The van der Waals surface area contributed by atoms with E-state index >= 15 is 0 Å². The van der Waals surface area contributed by atoms with Gasteiger partial charge in [-0.1, -0.05) is 5.92 Å². The summed E-state index contributed by atoms with van der Waals surface area (Å²) in [6.45, 7) is 1.60. The van der Waals surface area contributed by atoms with Crippen LogP contribution < -0.4 is 10.5 Å². The second kappa shape index (κ2) is 4.33. The molecule has 0 spiro atoms. The molecule has 0 heterocycles. The first kappa shape index (κ1) is 10.1. The number of carbonyl (C=O) groups excluding carboxylic acids is 1. The first-order valence-electron chi connectivity index (χ1n) is 4.12. The summed E-state index contributed by atoms with van der Waals surface area (Å²) < 4.78 is 5.19. The Kier molecular flexibility index (Phi) is 3.14. The zero-order chi connectivity index (χ0) is 10.6. The van der Waals surface area contributed by atoms with Gasteiger partial charge in [0.25, 0.3) is 0 Å². The van der Waals surface area contributed by atoms with E-state index in [1.54, 1.807) is 18.2 Å². The fourth-order valence-corrected chi connectivity index (χ4v) is 1.07. The van der Waals surface area contributed by atoms with Crippen LogP contribution in [0.15, 0.2) is 18.2 Å². The maximum absolute atomic E-state index is 11.2. The van der Waals surface area contributed by atoms with Crippen LogP contribution in [0.25, 0.3) is 0 Å². The molecule has 1 rings (SSSR count). The number of Topliss-reactive ketones (excluding diaryl/α,β-unsaturated/α-hetero) is 1. The van der Waals surface area contributed by atoms with Crippen LogP contribution in [-0.4, -0.2) is 12.4 Å². The zero-order valence-electron chi connectivity index (χ0n) is 7.91. The molecule has 1 aromatic rings. The van der Waals surface area contributed by atoms with Crippen molar-refractivity contribution < 1.29 is 9.53 Å². The summed E-state index contributed by atoms with van der Waals surface area (Å²) in [6, 6.07) is 4.88. The lowest BCUT2D eigenvalue weighted by atomic mass is 10.1. The van der Waals surface area contributed by atoms with Crippen molar-refractivity contribution in [3.63, 3.8) is 0 Å². The van der Waals surface area contributed by atoms with Gasteiger partial charge in [0.2, 0.25) is 0 Å². The van der Waals surface area contributed by atoms with Crippen LogP contribution in [-0.2, 0) is 0 Å². The molecule has 72 valence electrons. The molecule has 0 bridgehead atoms. The fraction of sp³-hybridized carbons (Fsp3) is 0.182. The number of ketones is 1. The highest BCUT2D eigenvalue weighted by Gasteiger charge is 2.08. The quantitative estimate of drug-likeness (QED) is 0.445. The van der Waals surface area contributed by atoms with E-state index in [1.807, 2.05) is 0 Å². The lowest BCUT2D eigenvalue weighted by Gasteiger charge is -2.07. The van der Waals surface area contributed by atoms with E-state index in [-0.39, 0.29) is 12.4 Å². The number of benzene rings is 1. The maximum Gasteiger partial charge on any atom is 0.163 e. The van der Waals surface area contributed by atoms with Gasteiger partial charge >= 0.3 is 0 Å². The number of hydrogen-bond acceptors (Lipinski definition) is 3. The molecular weight excluding hydrogens is 178 g/mol. The largest absolute Gasteiger partial charge is 0.480 e. The Bertz CT molecular complexity index is 391. The number of anilines is 1. The molecule has 0 saturated carbocycles. The van der Waals surface area contributed by atoms with Crippen molar-refractivity contribution in [1.29, 1.82) is 0 Å². The van der Waals surface area contributed by atoms with E-state index in [0.717, 1.165) is 0 Å². The number of hydrogen-bond donors (Lipinski definition) is 1. The van der Waals surface area contributed by atoms with E-state index in [1.165, 1.54) is 6.92 Å². The third kappa shape index (κ3) is 2.27. The summed E-state index contributed by atoms with van der Waals surface area (Å²) >= 11 is 0. The van der Waals surface area contributed by atoms with Gasteiger partial charge in [-0.3, -0.25) is 4.79 Å². The minimum Gasteiger partial charge on any atom is -0.480 e. The van der Waals surface area contributed by atoms with Crippen LogP contribution in [0.3, 0.4) is 0 Å². The van der Waals surface area contributed by atoms with Crippen LogP contribution >= 0.6 is 0 Å². The summed E-state index contributed by atoms with van der Waals surface area (Å²) in [5.41, 5.74) is 6.54.